The topological polar surface area (TPSA) is 67.5 Å². The number of benzene rings is 4. The SMILES string of the molecule is Cc1ccc(C(=O)c2cn(N=Cc3c(O)ccc4ccccc34)c(=S)nc2-c2ccc(C)cc2)cc1. The molecule has 0 aliphatic heterocycles. The average Bonchev–Trinajstić information content (AvgIpc) is 2.89. The zero-order valence-electron chi connectivity index (χ0n) is 19.8. The third-order valence-electron chi connectivity index (χ3n) is 6.05. The second kappa shape index (κ2) is 9.68. The monoisotopic (exact) mass is 489 g/mol. The highest BCUT2D eigenvalue weighted by Gasteiger charge is 2.18. The molecule has 0 bridgehead atoms. The van der Waals surface area contributed by atoms with E-state index in [0.717, 1.165) is 27.5 Å². The number of aryl methyl sites for hydroxylation is 2. The van der Waals surface area contributed by atoms with Crippen molar-refractivity contribution in [2.75, 3.05) is 0 Å². The Morgan fingerprint density at radius 2 is 1.58 bits per heavy atom. The summed E-state index contributed by atoms with van der Waals surface area (Å²) in [6.07, 6.45) is 3.16. The Labute approximate surface area is 214 Å². The Hall–Kier alpha value is -4.42. The summed E-state index contributed by atoms with van der Waals surface area (Å²) < 4.78 is 1.59. The van der Waals surface area contributed by atoms with Crippen molar-refractivity contribution in [2.45, 2.75) is 13.8 Å². The molecule has 1 heterocycles. The molecule has 0 amide bonds. The first-order valence-electron chi connectivity index (χ1n) is 11.5. The molecule has 0 aliphatic carbocycles. The van der Waals surface area contributed by atoms with Crippen LogP contribution in [0.4, 0.5) is 0 Å². The van der Waals surface area contributed by atoms with Crippen molar-refractivity contribution in [2.24, 2.45) is 5.10 Å². The van der Waals surface area contributed by atoms with Crippen molar-refractivity contribution < 1.29 is 9.90 Å². The summed E-state index contributed by atoms with van der Waals surface area (Å²) in [5, 5.41) is 16.8. The van der Waals surface area contributed by atoms with Crippen LogP contribution in [0.15, 0.2) is 96.2 Å². The minimum atomic E-state index is -0.176. The van der Waals surface area contributed by atoms with E-state index < -0.39 is 0 Å². The number of carbonyl (C=O) groups is 1. The molecule has 0 spiro atoms. The first kappa shape index (κ1) is 23.3. The molecular formula is C30H23N3O2S. The number of rotatable bonds is 5. The molecule has 176 valence electrons. The van der Waals surface area contributed by atoms with E-state index in [1.165, 1.54) is 4.68 Å². The lowest BCUT2D eigenvalue weighted by Crippen LogP contribution is -2.10. The van der Waals surface area contributed by atoms with Gasteiger partial charge in [-0.3, -0.25) is 4.79 Å². The summed E-state index contributed by atoms with van der Waals surface area (Å²) in [5.41, 5.74) is 4.97. The van der Waals surface area contributed by atoms with Crippen LogP contribution in [0.2, 0.25) is 0 Å². The Balaban J connectivity index is 1.65. The van der Waals surface area contributed by atoms with Crippen LogP contribution < -0.4 is 0 Å². The van der Waals surface area contributed by atoms with Gasteiger partial charge in [0.25, 0.3) is 0 Å². The lowest BCUT2D eigenvalue weighted by atomic mass is 9.98. The van der Waals surface area contributed by atoms with Crippen molar-refractivity contribution in [1.82, 2.24) is 9.66 Å². The van der Waals surface area contributed by atoms with Gasteiger partial charge in [-0.05, 0) is 42.9 Å². The average molecular weight is 490 g/mol. The predicted octanol–water partition coefficient (Wildman–Crippen LogP) is 6.87. The second-order valence-electron chi connectivity index (χ2n) is 8.66. The number of fused-ring (bicyclic) bond motifs is 1. The molecule has 5 rings (SSSR count). The van der Waals surface area contributed by atoms with Gasteiger partial charge < -0.3 is 5.11 Å². The summed E-state index contributed by atoms with van der Waals surface area (Å²) in [7, 11) is 0. The number of phenols is 1. The van der Waals surface area contributed by atoms with Crippen molar-refractivity contribution in [1.29, 1.82) is 0 Å². The van der Waals surface area contributed by atoms with Crippen LogP contribution in [0, 0.1) is 18.6 Å². The Bertz CT molecular complexity index is 1690. The standard InChI is InChI=1S/C30H23N3O2S/c1-19-7-11-22(12-8-19)28-26(29(35)23-13-9-20(2)10-14-23)18-33(30(36)32-28)31-17-25-24-6-4-3-5-21(24)15-16-27(25)34/h3-18,34H,1-2H3. The van der Waals surface area contributed by atoms with Crippen LogP contribution in [0.1, 0.15) is 32.6 Å². The number of aromatic hydroxyl groups is 1. The van der Waals surface area contributed by atoms with E-state index in [2.05, 4.69) is 10.1 Å². The number of hydrogen-bond donors (Lipinski definition) is 1. The quantitative estimate of drug-likeness (QED) is 0.166. The van der Waals surface area contributed by atoms with Crippen LogP contribution in [0.5, 0.6) is 5.75 Å². The number of hydrogen-bond acceptors (Lipinski definition) is 5. The minimum absolute atomic E-state index is 0.101. The molecule has 5 nitrogen and oxygen atoms in total. The molecule has 0 aliphatic rings. The number of aromatic nitrogens is 2. The number of carbonyl (C=O) groups excluding carboxylic acids is 1. The molecule has 0 radical (unpaired) electrons. The maximum Gasteiger partial charge on any atom is 0.220 e. The van der Waals surface area contributed by atoms with Gasteiger partial charge in [0, 0.05) is 22.9 Å². The summed E-state index contributed by atoms with van der Waals surface area (Å²) >= 11 is 5.55. The molecule has 0 saturated heterocycles. The predicted molar refractivity (Wildman–Crippen MR) is 146 cm³/mol. The van der Waals surface area contributed by atoms with Crippen LogP contribution in [0.3, 0.4) is 0 Å². The van der Waals surface area contributed by atoms with Gasteiger partial charge in [-0.2, -0.15) is 5.10 Å². The second-order valence-corrected chi connectivity index (χ2v) is 9.02. The van der Waals surface area contributed by atoms with Crippen LogP contribution in [-0.4, -0.2) is 26.8 Å². The van der Waals surface area contributed by atoms with Gasteiger partial charge in [0.15, 0.2) is 5.78 Å². The number of nitrogens with zero attached hydrogens (tertiary/aromatic N) is 3. The van der Waals surface area contributed by atoms with E-state index in [0.29, 0.717) is 22.4 Å². The van der Waals surface area contributed by atoms with E-state index in [-0.39, 0.29) is 16.3 Å². The summed E-state index contributed by atoms with van der Waals surface area (Å²) in [4.78, 5) is 18.2. The van der Waals surface area contributed by atoms with Gasteiger partial charge in [-0.15, -0.1) is 0 Å². The summed E-state index contributed by atoms with van der Waals surface area (Å²) in [6.45, 7) is 3.98. The Morgan fingerprint density at radius 3 is 2.31 bits per heavy atom. The molecule has 1 aromatic heterocycles. The van der Waals surface area contributed by atoms with E-state index in [9.17, 15) is 9.90 Å². The molecule has 0 fully saturated rings. The molecule has 6 heteroatoms. The van der Waals surface area contributed by atoms with E-state index in [1.807, 2.05) is 80.6 Å². The maximum atomic E-state index is 13.6. The Kier molecular flexibility index (Phi) is 6.27. The van der Waals surface area contributed by atoms with Crippen LogP contribution in [0.25, 0.3) is 22.0 Å². The molecule has 0 atom stereocenters. The summed E-state index contributed by atoms with van der Waals surface area (Å²) in [5.74, 6) is -0.0748. The lowest BCUT2D eigenvalue weighted by molar-refractivity contribution is 0.103. The van der Waals surface area contributed by atoms with Gasteiger partial charge in [-0.25, -0.2) is 9.66 Å². The molecule has 0 unspecified atom stereocenters. The number of phenolic OH excluding ortho intramolecular Hbond substituents is 1. The fourth-order valence-electron chi connectivity index (χ4n) is 4.03. The van der Waals surface area contributed by atoms with Gasteiger partial charge in [-0.1, -0.05) is 90.0 Å². The molecule has 1 N–H and O–H groups in total. The number of ketones is 1. The van der Waals surface area contributed by atoms with Gasteiger partial charge >= 0.3 is 0 Å². The molecular weight excluding hydrogens is 466 g/mol. The van der Waals surface area contributed by atoms with Gasteiger partial charge in [0.2, 0.25) is 4.77 Å². The van der Waals surface area contributed by atoms with E-state index in [4.69, 9.17) is 12.2 Å². The van der Waals surface area contributed by atoms with Gasteiger partial charge in [0.1, 0.15) is 5.75 Å². The first-order valence-corrected chi connectivity index (χ1v) is 11.9. The zero-order valence-corrected chi connectivity index (χ0v) is 20.7. The fraction of sp³-hybridized carbons (Fsp3) is 0.0667. The zero-order chi connectivity index (χ0) is 25.2. The molecule has 36 heavy (non-hydrogen) atoms. The summed E-state index contributed by atoms with van der Waals surface area (Å²) in [6, 6.07) is 26.4. The fourth-order valence-corrected chi connectivity index (χ4v) is 4.22. The lowest BCUT2D eigenvalue weighted by Gasteiger charge is -2.11. The first-order chi connectivity index (χ1) is 17.4. The largest absolute Gasteiger partial charge is 0.507 e. The van der Waals surface area contributed by atoms with Gasteiger partial charge in [0.05, 0.1) is 17.5 Å². The highest BCUT2D eigenvalue weighted by molar-refractivity contribution is 7.71. The molecule has 4 aromatic carbocycles. The minimum Gasteiger partial charge on any atom is -0.507 e. The Morgan fingerprint density at radius 1 is 0.917 bits per heavy atom. The van der Waals surface area contributed by atoms with Crippen LogP contribution >= 0.6 is 12.2 Å². The maximum absolute atomic E-state index is 13.6. The highest BCUT2D eigenvalue weighted by Crippen LogP contribution is 2.27. The van der Waals surface area contributed by atoms with E-state index >= 15 is 0 Å². The van der Waals surface area contributed by atoms with Crippen molar-refractivity contribution in [3.05, 3.63) is 124 Å². The van der Waals surface area contributed by atoms with Crippen molar-refractivity contribution in [3.63, 3.8) is 0 Å². The third kappa shape index (κ3) is 4.59. The normalized spacial score (nSPS) is 11.3. The van der Waals surface area contributed by atoms with Crippen molar-refractivity contribution in [3.8, 4) is 17.0 Å². The van der Waals surface area contributed by atoms with E-state index in [1.54, 1.807) is 30.6 Å². The smallest absolute Gasteiger partial charge is 0.220 e. The van der Waals surface area contributed by atoms with Crippen molar-refractivity contribution >= 4 is 35.0 Å². The molecule has 0 saturated carbocycles. The third-order valence-corrected chi connectivity index (χ3v) is 6.33. The molecule has 5 aromatic rings. The highest BCUT2D eigenvalue weighted by atomic mass is 32.1. The van der Waals surface area contributed by atoms with Crippen LogP contribution in [-0.2, 0) is 0 Å².